The van der Waals surface area contributed by atoms with Gasteiger partial charge >= 0.3 is 6.03 Å². The summed E-state index contributed by atoms with van der Waals surface area (Å²) in [6.45, 7) is 1.97. The molecule has 0 saturated carbocycles. The number of aromatic nitrogens is 3. The Labute approximate surface area is 188 Å². The molecule has 2 heterocycles. The van der Waals surface area contributed by atoms with Crippen molar-refractivity contribution in [2.24, 2.45) is 0 Å². The number of benzene rings is 2. The van der Waals surface area contributed by atoms with Gasteiger partial charge in [-0.1, -0.05) is 6.07 Å². The largest absolute Gasteiger partial charge is 0.340 e. The molecule has 4 aromatic rings. The summed E-state index contributed by atoms with van der Waals surface area (Å²) in [5.41, 5.74) is 1.70. The average molecular weight is 447 g/mol. The minimum atomic E-state index is -0.860. The summed E-state index contributed by atoms with van der Waals surface area (Å²) in [6.07, 6.45) is 3.13. The molecular weight excluding hydrogens is 428 g/mol. The molecule has 0 spiro atoms. The van der Waals surface area contributed by atoms with Crippen molar-refractivity contribution in [2.45, 2.75) is 6.92 Å². The van der Waals surface area contributed by atoms with Crippen LogP contribution in [0.4, 0.5) is 48.1 Å². The lowest BCUT2D eigenvalue weighted by atomic mass is 10.2. The van der Waals surface area contributed by atoms with E-state index < -0.39 is 23.4 Å². The van der Waals surface area contributed by atoms with E-state index in [-0.39, 0.29) is 0 Å². The number of halogens is 2. The van der Waals surface area contributed by atoms with Gasteiger partial charge in [-0.3, -0.25) is 0 Å². The first kappa shape index (κ1) is 21.6. The van der Waals surface area contributed by atoms with Crippen LogP contribution in [0.2, 0.25) is 0 Å². The number of urea groups is 1. The second-order valence-corrected chi connectivity index (χ2v) is 7.01. The third-order valence-corrected chi connectivity index (χ3v) is 4.46. The number of para-hydroxylation sites is 1. The minimum Gasteiger partial charge on any atom is -0.340 e. The Hall–Kier alpha value is -4.60. The van der Waals surface area contributed by atoms with Gasteiger partial charge in [0, 0.05) is 23.6 Å². The molecular formula is C23H19F2N7O. The Bertz CT molecular complexity index is 1260. The summed E-state index contributed by atoms with van der Waals surface area (Å²) in [5, 5.41) is 10.9. The molecule has 8 nitrogen and oxygen atoms in total. The van der Waals surface area contributed by atoms with Crippen LogP contribution < -0.4 is 21.3 Å². The quantitative estimate of drug-likeness (QED) is 0.307. The number of aryl methyl sites for hydroxylation is 1. The van der Waals surface area contributed by atoms with Crippen LogP contribution in [0.1, 0.15) is 5.56 Å². The molecule has 2 aromatic carbocycles. The summed E-state index contributed by atoms with van der Waals surface area (Å²) in [6, 6.07) is 14.8. The predicted octanol–water partition coefficient (Wildman–Crippen LogP) is 5.59. The molecule has 0 aliphatic rings. The number of pyridine rings is 1. The Morgan fingerprint density at radius 3 is 2.09 bits per heavy atom. The molecule has 33 heavy (non-hydrogen) atoms. The molecule has 0 radical (unpaired) electrons. The topological polar surface area (TPSA) is 104 Å². The maximum Gasteiger partial charge on any atom is 0.323 e. The van der Waals surface area contributed by atoms with Crippen molar-refractivity contribution < 1.29 is 13.6 Å². The number of nitrogens with zero attached hydrogens (tertiary/aromatic N) is 3. The second kappa shape index (κ2) is 9.69. The van der Waals surface area contributed by atoms with Gasteiger partial charge in [-0.2, -0.15) is 0 Å². The molecule has 0 fully saturated rings. The molecule has 2 amide bonds. The van der Waals surface area contributed by atoms with Crippen molar-refractivity contribution in [3.63, 3.8) is 0 Å². The van der Waals surface area contributed by atoms with Gasteiger partial charge in [-0.05, 0) is 61.0 Å². The highest BCUT2D eigenvalue weighted by atomic mass is 19.1. The summed E-state index contributed by atoms with van der Waals surface area (Å²) >= 11 is 0. The molecule has 0 unspecified atom stereocenters. The van der Waals surface area contributed by atoms with E-state index in [1.807, 2.05) is 19.1 Å². The van der Waals surface area contributed by atoms with Crippen LogP contribution >= 0.6 is 0 Å². The minimum absolute atomic E-state index is 0.436. The fourth-order valence-electron chi connectivity index (χ4n) is 2.91. The van der Waals surface area contributed by atoms with Crippen LogP contribution in [0.3, 0.4) is 0 Å². The van der Waals surface area contributed by atoms with Crippen molar-refractivity contribution in [2.75, 3.05) is 21.3 Å². The van der Waals surface area contributed by atoms with Crippen molar-refractivity contribution in [3.05, 3.63) is 90.4 Å². The lowest BCUT2D eigenvalue weighted by Crippen LogP contribution is -2.20. The number of hydrogen-bond acceptors (Lipinski definition) is 6. The number of rotatable bonds is 6. The van der Waals surface area contributed by atoms with Gasteiger partial charge in [0.1, 0.15) is 41.1 Å². The molecule has 10 heteroatoms. The van der Waals surface area contributed by atoms with Crippen LogP contribution in [0, 0.1) is 18.6 Å². The number of carbonyl (C=O) groups excluding carboxylic acids is 1. The average Bonchev–Trinajstić information content (AvgIpc) is 2.78. The van der Waals surface area contributed by atoms with Crippen LogP contribution in [-0.2, 0) is 0 Å². The van der Waals surface area contributed by atoms with E-state index in [4.69, 9.17) is 0 Å². The van der Waals surface area contributed by atoms with E-state index in [2.05, 4.69) is 36.2 Å². The first-order valence-corrected chi connectivity index (χ1v) is 9.87. The van der Waals surface area contributed by atoms with Gasteiger partial charge in [-0.15, -0.1) is 0 Å². The van der Waals surface area contributed by atoms with Crippen molar-refractivity contribution in [1.82, 2.24) is 15.0 Å². The lowest BCUT2D eigenvalue weighted by Gasteiger charge is -2.11. The number of anilines is 6. The summed E-state index contributed by atoms with van der Waals surface area (Å²) < 4.78 is 27.3. The highest BCUT2D eigenvalue weighted by Crippen LogP contribution is 2.21. The molecule has 0 bridgehead atoms. The summed E-state index contributed by atoms with van der Waals surface area (Å²) in [4.78, 5) is 24.7. The molecule has 2 aromatic heterocycles. The summed E-state index contributed by atoms with van der Waals surface area (Å²) in [5.74, 6) is 0.0707. The Kier molecular flexibility index (Phi) is 6.35. The molecule has 0 atom stereocenters. The molecule has 0 saturated heterocycles. The number of amides is 2. The van der Waals surface area contributed by atoms with Crippen LogP contribution in [0.15, 0.2) is 73.2 Å². The van der Waals surface area contributed by atoms with E-state index in [0.29, 0.717) is 28.8 Å². The normalized spacial score (nSPS) is 10.4. The van der Waals surface area contributed by atoms with Crippen molar-refractivity contribution >= 4 is 40.5 Å². The Morgan fingerprint density at radius 1 is 0.758 bits per heavy atom. The zero-order valence-electron chi connectivity index (χ0n) is 17.4. The third-order valence-electron chi connectivity index (χ3n) is 4.46. The molecule has 4 rings (SSSR count). The zero-order chi connectivity index (χ0) is 23.2. The molecule has 166 valence electrons. The monoisotopic (exact) mass is 447 g/mol. The zero-order valence-corrected chi connectivity index (χ0v) is 17.4. The summed E-state index contributed by atoms with van der Waals surface area (Å²) in [7, 11) is 0. The fraction of sp³-hybridized carbons (Fsp3) is 0.0435. The first-order chi connectivity index (χ1) is 16.0. The predicted molar refractivity (Wildman–Crippen MR) is 123 cm³/mol. The highest BCUT2D eigenvalue weighted by molar-refractivity contribution is 6.00. The standard InChI is InChI=1S/C23H19F2N7O/c1-14-9-10-26-19(11-14)31-21-12-20(27-13-28-21)29-15-5-7-16(8-6-15)30-23(33)32-22-17(24)3-2-4-18(22)25/h2-13H,1H3,(H2,30,32,33)(H2,26,27,28,29,31). The van der Waals surface area contributed by atoms with Crippen LogP contribution in [0.5, 0.6) is 0 Å². The smallest absolute Gasteiger partial charge is 0.323 e. The van der Waals surface area contributed by atoms with Gasteiger partial charge < -0.3 is 21.3 Å². The second-order valence-electron chi connectivity index (χ2n) is 7.01. The maximum atomic E-state index is 13.7. The van der Waals surface area contributed by atoms with Crippen LogP contribution in [-0.4, -0.2) is 21.0 Å². The molecule has 0 aliphatic carbocycles. The number of carbonyl (C=O) groups is 1. The van der Waals surface area contributed by atoms with Crippen LogP contribution in [0.25, 0.3) is 0 Å². The SMILES string of the molecule is Cc1ccnc(Nc2cc(Nc3ccc(NC(=O)Nc4c(F)cccc4F)cc3)ncn2)c1. The third kappa shape index (κ3) is 5.76. The highest BCUT2D eigenvalue weighted by Gasteiger charge is 2.12. The first-order valence-electron chi connectivity index (χ1n) is 9.87. The van der Waals surface area contributed by atoms with Gasteiger partial charge in [0.15, 0.2) is 0 Å². The van der Waals surface area contributed by atoms with E-state index in [1.165, 1.54) is 12.4 Å². The molecule has 0 aliphatic heterocycles. The van der Waals surface area contributed by atoms with E-state index in [1.54, 1.807) is 36.5 Å². The number of hydrogen-bond donors (Lipinski definition) is 4. The maximum absolute atomic E-state index is 13.7. The van der Waals surface area contributed by atoms with Crippen molar-refractivity contribution in [3.8, 4) is 0 Å². The van der Waals surface area contributed by atoms with Gasteiger partial charge in [0.2, 0.25) is 0 Å². The lowest BCUT2D eigenvalue weighted by molar-refractivity contribution is 0.262. The van der Waals surface area contributed by atoms with Gasteiger partial charge in [0.25, 0.3) is 0 Å². The van der Waals surface area contributed by atoms with E-state index in [0.717, 1.165) is 17.7 Å². The Morgan fingerprint density at radius 2 is 1.39 bits per heavy atom. The van der Waals surface area contributed by atoms with E-state index in [9.17, 15) is 13.6 Å². The van der Waals surface area contributed by atoms with Crippen molar-refractivity contribution in [1.29, 1.82) is 0 Å². The van der Waals surface area contributed by atoms with Gasteiger partial charge in [-0.25, -0.2) is 28.5 Å². The fourth-order valence-corrected chi connectivity index (χ4v) is 2.91. The van der Waals surface area contributed by atoms with Gasteiger partial charge in [0.05, 0.1) is 0 Å². The molecule has 4 N–H and O–H groups in total. The Balaban J connectivity index is 1.37. The van der Waals surface area contributed by atoms with E-state index >= 15 is 0 Å². The number of nitrogens with one attached hydrogen (secondary N) is 4.